The van der Waals surface area contributed by atoms with Gasteiger partial charge in [0.1, 0.15) is 0 Å². The quantitative estimate of drug-likeness (QED) is 0.820. The number of aliphatic hydroxyl groups excluding tert-OH is 1. The zero-order chi connectivity index (χ0) is 16.8. The Morgan fingerprint density at radius 3 is 2.39 bits per heavy atom. The summed E-state index contributed by atoms with van der Waals surface area (Å²) in [6.07, 6.45) is 4.99. The van der Waals surface area contributed by atoms with Crippen molar-refractivity contribution in [1.82, 2.24) is 4.90 Å². The summed E-state index contributed by atoms with van der Waals surface area (Å²) in [5.74, 6) is 0.0865. The summed E-state index contributed by atoms with van der Waals surface area (Å²) in [6, 6.07) is 7.09. The summed E-state index contributed by atoms with van der Waals surface area (Å²) in [4.78, 5) is 25.6. The van der Waals surface area contributed by atoms with Crippen LogP contribution in [0.2, 0.25) is 0 Å². The molecule has 1 aromatic rings. The van der Waals surface area contributed by atoms with Crippen molar-refractivity contribution in [3.05, 3.63) is 42.5 Å². The minimum absolute atomic E-state index is 0.0148. The minimum Gasteiger partial charge on any atom is -0.396 e. The third-order valence-corrected chi connectivity index (χ3v) is 4.53. The Bertz CT molecular complexity index is 560. The molecular weight excluding hydrogens is 292 g/mol. The number of hydrogen-bond donors (Lipinski definition) is 2. The van der Waals surface area contributed by atoms with E-state index in [0.29, 0.717) is 17.2 Å². The number of hydrogen-bond acceptors (Lipinski definition) is 3. The van der Waals surface area contributed by atoms with Gasteiger partial charge < -0.3 is 15.3 Å². The van der Waals surface area contributed by atoms with Crippen molar-refractivity contribution in [1.29, 1.82) is 0 Å². The maximum Gasteiger partial charge on any atom is 0.253 e. The van der Waals surface area contributed by atoms with E-state index in [0.717, 1.165) is 25.7 Å². The van der Waals surface area contributed by atoms with Crippen LogP contribution in [0.25, 0.3) is 0 Å². The molecule has 1 saturated carbocycles. The monoisotopic (exact) mass is 316 g/mol. The molecule has 1 aromatic carbocycles. The number of rotatable bonds is 5. The van der Waals surface area contributed by atoms with E-state index < -0.39 is 0 Å². The number of carbonyl (C=O) groups is 2. The number of aliphatic hydroxyl groups is 1. The second-order valence-corrected chi connectivity index (χ2v) is 6.04. The second kappa shape index (κ2) is 7.92. The summed E-state index contributed by atoms with van der Waals surface area (Å²) in [5, 5.41) is 11.8. The SMILES string of the molecule is C=CC(=O)Nc1ccc(C(=O)N(C)C2CCC(CO)CC2)cc1. The molecule has 5 nitrogen and oxygen atoms in total. The van der Waals surface area contributed by atoms with E-state index in [1.165, 1.54) is 6.08 Å². The molecule has 23 heavy (non-hydrogen) atoms. The van der Waals surface area contributed by atoms with Gasteiger partial charge in [-0.05, 0) is 61.9 Å². The van der Waals surface area contributed by atoms with Gasteiger partial charge >= 0.3 is 0 Å². The van der Waals surface area contributed by atoms with E-state index in [9.17, 15) is 14.7 Å². The largest absolute Gasteiger partial charge is 0.396 e. The standard InChI is InChI=1S/C18H24N2O3/c1-3-17(22)19-15-8-6-14(7-9-15)18(23)20(2)16-10-4-13(12-21)5-11-16/h3,6-9,13,16,21H,1,4-5,10-12H2,2H3,(H,19,22). The lowest BCUT2D eigenvalue weighted by molar-refractivity contribution is -0.111. The fourth-order valence-electron chi connectivity index (χ4n) is 2.97. The van der Waals surface area contributed by atoms with Crippen molar-refractivity contribution in [3.63, 3.8) is 0 Å². The van der Waals surface area contributed by atoms with Gasteiger partial charge in [0.2, 0.25) is 5.91 Å². The molecule has 0 unspecified atom stereocenters. The molecule has 0 aliphatic heterocycles. The molecule has 0 aromatic heterocycles. The summed E-state index contributed by atoms with van der Waals surface area (Å²) >= 11 is 0. The van der Waals surface area contributed by atoms with Gasteiger partial charge in [-0.25, -0.2) is 0 Å². The average Bonchev–Trinajstić information content (AvgIpc) is 2.61. The van der Waals surface area contributed by atoms with Gasteiger partial charge in [0, 0.05) is 30.9 Å². The highest BCUT2D eigenvalue weighted by atomic mass is 16.3. The predicted octanol–water partition coefficient (Wildman–Crippen LogP) is 2.43. The third kappa shape index (κ3) is 4.42. The maximum absolute atomic E-state index is 12.6. The highest BCUT2D eigenvalue weighted by molar-refractivity contribution is 5.99. The van der Waals surface area contributed by atoms with Crippen molar-refractivity contribution in [2.45, 2.75) is 31.7 Å². The molecule has 0 saturated heterocycles. The Balaban J connectivity index is 1.96. The van der Waals surface area contributed by atoms with Crippen LogP contribution in [0.3, 0.4) is 0 Å². The first-order valence-corrected chi connectivity index (χ1v) is 7.96. The number of anilines is 1. The Labute approximate surface area is 137 Å². The van der Waals surface area contributed by atoms with Crippen LogP contribution in [0.4, 0.5) is 5.69 Å². The van der Waals surface area contributed by atoms with Gasteiger partial charge in [0.25, 0.3) is 5.91 Å². The van der Waals surface area contributed by atoms with Gasteiger partial charge in [-0.15, -0.1) is 0 Å². The number of nitrogens with one attached hydrogen (secondary N) is 1. The maximum atomic E-state index is 12.6. The minimum atomic E-state index is -0.276. The highest BCUT2D eigenvalue weighted by Gasteiger charge is 2.26. The van der Waals surface area contributed by atoms with E-state index in [4.69, 9.17) is 0 Å². The van der Waals surface area contributed by atoms with Crippen molar-refractivity contribution in [2.75, 3.05) is 19.0 Å². The normalized spacial score (nSPS) is 20.6. The molecule has 1 aliphatic rings. The fourth-order valence-corrected chi connectivity index (χ4v) is 2.97. The molecule has 124 valence electrons. The molecule has 1 fully saturated rings. The molecule has 0 spiro atoms. The van der Waals surface area contributed by atoms with E-state index in [2.05, 4.69) is 11.9 Å². The fraction of sp³-hybridized carbons (Fsp3) is 0.444. The van der Waals surface area contributed by atoms with Crippen molar-refractivity contribution in [2.24, 2.45) is 5.92 Å². The molecule has 0 heterocycles. The number of carbonyl (C=O) groups excluding carboxylic acids is 2. The van der Waals surface area contributed by atoms with Gasteiger partial charge in [0.05, 0.1) is 0 Å². The first-order valence-electron chi connectivity index (χ1n) is 7.96. The first-order chi connectivity index (χ1) is 11.0. The Morgan fingerprint density at radius 1 is 1.26 bits per heavy atom. The Kier molecular flexibility index (Phi) is 5.93. The summed E-state index contributed by atoms with van der Waals surface area (Å²) in [7, 11) is 1.83. The molecule has 0 bridgehead atoms. The van der Waals surface area contributed by atoms with Crippen LogP contribution in [0.5, 0.6) is 0 Å². The topological polar surface area (TPSA) is 69.6 Å². The summed E-state index contributed by atoms with van der Waals surface area (Å²) in [5.41, 5.74) is 1.24. The molecule has 0 atom stereocenters. The second-order valence-electron chi connectivity index (χ2n) is 6.04. The van der Waals surface area contributed by atoms with E-state index in [1.807, 2.05) is 7.05 Å². The molecular formula is C18H24N2O3. The zero-order valence-electron chi connectivity index (χ0n) is 13.5. The number of nitrogens with zero attached hydrogens (tertiary/aromatic N) is 1. The molecule has 2 N–H and O–H groups in total. The molecule has 1 aliphatic carbocycles. The van der Waals surface area contributed by atoms with E-state index in [1.54, 1.807) is 29.2 Å². The lowest BCUT2D eigenvalue weighted by Crippen LogP contribution is -2.39. The van der Waals surface area contributed by atoms with Gasteiger partial charge in [-0.1, -0.05) is 6.58 Å². The van der Waals surface area contributed by atoms with Gasteiger partial charge in [0.15, 0.2) is 0 Å². The van der Waals surface area contributed by atoms with Crippen LogP contribution in [-0.4, -0.2) is 41.5 Å². The average molecular weight is 316 g/mol. The Hall–Kier alpha value is -2.14. The van der Waals surface area contributed by atoms with Crippen LogP contribution in [0, 0.1) is 5.92 Å². The van der Waals surface area contributed by atoms with Crippen LogP contribution in [0.1, 0.15) is 36.0 Å². The predicted molar refractivity (Wildman–Crippen MR) is 90.2 cm³/mol. The molecule has 5 heteroatoms. The summed E-state index contributed by atoms with van der Waals surface area (Å²) < 4.78 is 0. The molecule has 0 radical (unpaired) electrons. The van der Waals surface area contributed by atoms with E-state index in [-0.39, 0.29) is 24.5 Å². The van der Waals surface area contributed by atoms with Crippen molar-refractivity contribution in [3.8, 4) is 0 Å². The smallest absolute Gasteiger partial charge is 0.253 e. The van der Waals surface area contributed by atoms with Crippen LogP contribution >= 0.6 is 0 Å². The Morgan fingerprint density at radius 2 is 1.87 bits per heavy atom. The van der Waals surface area contributed by atoms with Crippen molar-refractivity contribution < 1.29 is 14.7 Å². The third-order valence-electron chi connectivity index (χ3n) is 4.53. The molecule has 2 rings (SSSR count). The van der Waals surface area contributed by atoms with Crippen LogP contribution < -0.4 is 5.32 Å². The molecule has 2 amide bonds. The highest BCUT2D eigenvalue weighted by Crippen LogP contribution is 2.27. The van der Waals surface area contributed by atoms with Crippen molar-refractivity contribution >= 4 is 17.5 Å². The lowest BCUT2D eigenvalue weighted by Gasteiger charge is -2.34. The van der Waals surface area contributed by atoms with Crippen LogP contribution in [0.15, 0.2) is 36.9 Å². The van der Waals surface area contributed by atoms with Gasteiger partial charge in [-0.3, -0.25) is 9.59 Å². The summed E-state index contributed by atoms with van der Waals surface area (Å²) in [6.45, 7) is 3.64. The number of amides is 2. The lowest BCUT2D eigenvalue weighted by atomic mass is 9.86. The van der Waals surface area contributed by atoms with E-state index >= 15 is 0 Å². The number of benzene rings is 1. The van der Waals surface area contributed by atoms with Crippen LogP contribution in [-0.2, 0) is 4.79 Å². The first kappa shape index (κ1) is 17.2. The zero-order valence-corrected chi connectivity index (χ0v) is 13.5. The van der Waals surface area contributed by atoms with Gasteiger partial charge in [-0.2, -0.15) is 0 Å².